The van der Waals surface area contributed by atoms with E-state index in [0.29, 0.717) is 17.7 Å². The first kappa shape index (κ1) is 24.1. The van der Waals surface area contributed by atoms with Gasteiger partial charge in [0.05, 0.1) is 11.2 Å². The number of esters is 1. The molecular weight excluding hydrogens is 436 g/mol. The minimum Gasteiger partial charge on any atom is -0.461 e. The summed E-state index contributed by atoms with van der Waals surface area (Å²) in [6.07, 6.45) is 12.1. The van der Waals surface area contributed by atoms with Gasteiger partial charge in [-0.15, -0.1) is 0 Å². The van der Waals surface area contributed by atoms with E-state index < -0.39 is 17.0 Å². The zero-order chi connectivity index (χ0) is 24.4. The zero-order valence-corrected chi connectivity index (χ0v) is 20.6. The second-order valence-electron chi connectivity index (χ2n) is 11.0. The third-order valence-electron chi connectivity index (χ3n) is 8.93. The number of nitrogen functional groups attached to an aromatic ring is 1. The molecule has 3 aliphatic rings. The van der Waals surface area contributed by atoms with E-state index in [-0.39, 0.29) is 12.0 Å². The largest absolute Gasteiger partial charge is 0.461 e. The molecule has 1 aliphatic heterocycles. The SMILES string of the molecule is Nc1ccccc1C(=O)OC[C@@]12CCC[C@]3(CCC=CC[C@@]31O)CN(CCCc1ccccc1)C2. The third-order valence-corrected chi connectivity index (χ3v) is 8.93. The Morgan fingerprint density at radius 3 is 2.63 bits per heavy atom. The molecule has 0 aromatic heterocycles. The number of nitrogens with two attached hydrogens (primary N) is 1. The third kappa shape index (κ3) is 4.41. The summed E-state index contributed by atoms with van der Waals surface area (Å²) in [4.78, 5) is 15.5. The van der Waals surface area contributed by atoms with Crippen LogP contribution in [-0.4, -0.2) is 47.8 Å². The van der Waals surface area contributed by atoms with Crippen LogP contribution in [0.3, 0.4) is 0 Å². The predicted molar refractivity (Wildman–Crippen MR) is 139 cm³/mol. The van der Waals surface area contributed by atoms with Crippen molar-refractivity contribution in [3.63, 3.8) is 0 Å². The summed E-state index contributed by atoms with van der Waals surface area (Å²) >= 11 is 0. The summed E-state index contributed by atoms with van der Waals surface area (Å²) in [7, 11) is 0. The normalized spacial score (nSPS) is 30.3. The predicted octanol–water partition coefficient (Wildman–Crippen LogP) is 5.00. The van der Waals surface area contributed by atoms with E-state index in [1.54, 1.807) is 18.2 Å². The quantitative estimate of drug-likeness (QED) is 0.335. The van der Waals surface area contributed by atoms with E-state index in [4.69, 9.17) is 10.5 Å². The molecule has 0 spiro atoms. The Morgan fingerprint density at radius 1 is 1.00 bits per heavy atom. The van der Waals surface area contributed by atoms with Crippen LogP contribution in [0.15, 0.2) is 66.7 Å². The van der Waals surface area contributed by atoms with Crippen LogP contribution in [0.5, 0.6) is 0 Å². The van der Waals surface area contributed by atoms with Gasteiger partial charge in [0, 0.05) is 29.6 Å². The Kier molecular flexibility index (Phi) is 6.73. The molecule has 5 nitrogen and oxygen atoms in total. The molecule has 2 aliphatic carbocycles. The summed E-state index contributed by atoms with van der Waals surface area (Å²) in [6, 6.07) is 17.7. The summed E-state index contributed by atoms with van der Waals surface area (Å²) in [5.41, 5.74) is 6.70. The smallest absolute Gasteiger partial charge is 0.340 e. The molecule has 0 radical (unpaired) electrons. The van der Waals surface area contributed by atoms with Gasteiger partial charge in [0.25, 0.3) is 0 Å². The van der Waals surface area contributed by atoms with Crippen molar-refractivity contribution in [1.29, 1.82) is 0 Å². The number of piperidine rings is 1. The number of benzene rings is 2. The van der Waals surface area contributed by atoms with E-state index in [1.807, 2.05) is 6.07 Å². The van der Waals surface area contributed by atoms with Gasteiger partial charge in [-0.3, -0.25) is 0 Å². The summed E-state index contributed by atoms with van der Waals surface area (Å²) in [5.74, 6) is -0.400. The fourth-order valence-corrected chi connectivity index (χ4v) is 7.16. The second kappa shape index (κ2) is 9.79. The number of allylic oxidation sites excluding steroid dienone is 1. The number of ether oxygens (including phenoxy) is 1. The monoisotopic (exact) mass is 474 g/mol. The minimum atomic E-state index is -0.871. The lowest BCUT2D eigenvalue weighted by atomic mass is 9.47. The number of hydrogen-bond donors (Lipinski definition) is 2. The molecule has 186 valence electrons. The van der Waals surface area contributed by atoms with Gasteiger partial charge >= 0.3 is 5.97 Å². The number of aryl methyl sites for hydroxylation is 1. The van der Waals surface area contributed by atoms with Crippen LogP contribution in [0.25, 0.3) is 0 Å². The number of anilines is 1. The van der Waals surface area contributed by atoms with Crippen LogP contribution < -0.4 is 5.73 Å². The number of para-hydroxylation sites is 1. The van der Waals surface area contributed by atoms with E-state index >= 15 is 0 Å². The number of aliphatic hydroxyl groups is 1. The van der Waals surface area contributed by atoms with Gasteiger partial charge in [0.15, 0.2) is 0 Å². The Labute approximate surface area is 209 Å². The van der Waals surface area contributed by atoms with Crippen molar-refractivity contribution in [2.45, 2.75) is 57.0 Å². The number of carbonyl (C=O) groups is 1. The lowest BCUT2D eigenvalue weighted by Gasteiger charge is -2.66. The topological polar surface area (TPSA) is 75.8 Å². The van der Waals surface area contributed by atoms with Gasteiger partial charge < -0.3 is 20.5 Å². The molecule has 0 amide bonds. The number of rotatable bonds is 7. The number of nitrogens with zero attached hydrogens (tertiary/aromatic N) is 1. The Hall–Kier alpha value is -2.63. The first-order valence-corrected chi connectivity index (χ1v) is 13.1. The van der Waals surface area contributed by atoms with Crippen LogP contribution in [0, 0.1) is 10.8 Å². The fourth-order valence-electron chi connectivity index (χ4n) is 7.16. The standard InChI is InChI=1S/C30H38N2O3/c31-26-15-6-5-14-25(26)27(33)35-23-29-18-10-17-28(16-7-2-8-19-30(28,29)34)21-32(22-29)20-9-13-24-11-3-1-4-12-24/h1-6,8,11-12,14-15,34H,7,9-10,13,16-23,31H2/t28-,29+,30-/m1/s1. The highest BCUT2D eigenvalue weighted by Gasteiger charge is 2.67. The summed E-state index contributed by atoms with van der Waals surface area (Å²) in [6.45, 7) is 2.88. The lowest BCUT2D eigenvalue weighted by molar-refractivity contribution is -0.255. The highest BCUT2D eigenvalue weighted by atomic mass is 16.5. The minimum absolute atomic E-state index is 0.169. The first-order valence-electron chi connectivity index (χ1n) is 13.1. The van der Waals surface area contributed by atoms with E-state index in [0.717, 1.165) is 64.6 Å². The first-order chi connectivity index (χ1) is 17.0. The van der Waals surface area contributed by atoms with Crippen molar-refractivity contribution in [3.05, 3.63) is 77.9 Å². The average molecular weight is 475 g/mol. The molecule has 0 unspecified atom stereocenters. The van der Waals surface area contributed by atoms with Crippen LogP contribution in [0.4, 0.5) is 5.69 Å². The van der Waals surface area contributed by atoms with E-state index in [2.05, 4.69) is 47.4 Å². The van der Waals surface area contributed by atoms with Crippen molar-refractivity contribution in [3.8, 4) is 0 Å². The highest BCUT2D eigenvalue weighted by Crippen LogP contribution is 2.62. The zero-order valence-electron chi connectivity index (χ0n) is 20.6. The van der Waals surface area contributed by atoms with Crippen molar-refractivity contribution in [2.75, 3.05) is 32.0 Å². The fraction of sp³-hybridized carbons (Fsp3) is 0.500. The Morgan fingerprint density at radius 2 is 1.80 bits per heavy atom. The molecule has 1 saturated carbocycles. The maximum atomic E-state index is 13.0. The molecule has 5 heteroatoms. The Bertz CT molecular complexity index is 1070. The number of hydrogen-bond acceptors (Lipinski definition) is 5. The van der Waals surface area contributed by atoms with Crippen molar-refractivity contribution in [2.24, 2.45) is 10.8 Å². The molecule has 2 aromatic carbocycles. The van der Waals surface area contributed by atoms with E-state index in [1.165, 1.54) is 5.56 Å². The van der Waals surface area contributed by atoms with Gasteiger partial charge in [-0.1, -0.05) is 61.0 Å². The molecule has 3 atom stereocenters. The molecule has 1 saturated heterocycles. The summed E-state index contributed by atoms with van der Waals surface area (Å²) in [5, 5.41) is 12.5. The molecule has 2 bridgehead atoms. The molecule has 2 aromatic rings. The number of likely N-dealkylation sites (tertiary alicyclic amines) is 1. The van der Waals surface area contributed by atoms with Crippen molar-refractivity contribution in [1.82, 2.24) is 4.90 Å². The van der Waals surface area contributed by atoms with Gasteiger partial charge in [0.2, 0.25) is 0 Å². The molecule has 35 heavy (non-hydrogen) atoms. The molecule has 3 N–H and O–H groups in total. The van der Waals surface area contributed by atoms with Crippen molar-refractivity contribution >= 4 is 11.7 Å². The van der Waals surface area contributed by atoms with Crippen LogP contribution >= 0.6 is 0 Å². The Balaban J connectivity index is 1.37. The van der Waals surface area contributed by atoms with Crippen molar-refractivity contribution < 1.29 is 14.6 Å². The maximum absolute atomic E-state index is 13.0. The lowest BCUT2D eigenvalue weighted by Crippen LogP contribution is -2.73. The van der Waals surface area contributed by atoms with Gasteiger partial charge in [-0.2, -0.15) is 0 Å². The second-order valence-corrected chi connectivity index (χ2v) is 11.0. The van der Waals surface area contributed by atoms with Crippen LogP contribution in [0.2, 0.25) is 0 Å². The van der Waals surface area contributed by atoms with Crippen LogP contribution in [-0.2, 0) is 11.2 Å². The molecule has 5 rings (SSSR count). The maximum Gasteiger partial charge on any atom is 0.340 e. The molecule has 2 fully saturated rings. The highest BCUT2D eigenvalue weighted by molar-refractivity contribution is 5.95. The summed E-state index contributed by atoms with van der Waals surface area (Å²) < 4.78 is 5.97. The molecular formula is C30H38N2O3. The van der Waals surface area contributed by atoms with Gasteiger partial charge in [0.1, 0.15) is 6.61 Å². The number of carbonyl (C=O) groups excluding carboxylic acids is 1. The molecule has 1 heterocycles. The van der Waals surface area contributed by atoms with Crippen LogP contribution in [0.1, 0.15) is 60.9 Å². The van der Waals surface area contributed by atoms with Gasteiger partial charge in [-0.25, -0.2) is 4.79 Å². The average Bonchev–Trinajstić information content (AvgIpc) is 3.03. The van der Waals surface area contributed by atoms with E-state index in [9.17, 15) is 9.90 Å². The van der Waals surface area contributed by atoms with Gasteiger partial charge in [-0.05, 0) is 69.2 Å².